The highest BCUT2D eigenvalue weighted by Crippen LogP contribution is 2.35. The second-order valence-electron chi connectivity index (χ2n) is 5.54. The first-order valence-electron chi connectivity index (χ1n) is 8.42. The number of benzene rings is 1. The first kappa shape index (κ1) is 17.9. The maximum absolute atomic E-state index is 5.41. The predicted octanol–water partition coefficient (Wildman–Crippen LogP) is 3.16. The summed E-state index contributed by atoms with van der Waals surface area (Å²) in [5, 5.41) is 12.5. The fourth-order valence-electron chi connectivity index (χ4n) is 2.67. The van der Waals surface area contributed by atoms with E-state index < -0.39 is 0 Å². The molecule has 0 aliphatic heterocycles. The van der Waals surface area contributed by atoms with E-state index in [0.717, 1.165) is 34.4 Å². The molecule has 2 heterocycles. The number of hydrogen-bond donors (Lipinski definition) is 1. The van der Waals surface area contributed by atoms with Crippen LogP contribution in [-0.2, 0) is 4.74 Å². The van der Waals surface area contributed by atoms with Gasteiger partial charge in [0.1, 0.15) is 5.82 Å². The van der Waals surface area contributed by atoms with Crippen LogP contribution < -0.4 is 14.8 Å². The summed E-state index contributed by atoms with van der Waals surface area (Å²) in [6.07, 6.45) is 3.55. The van der Waals surface area contributed by atoms with E-state index in [1.54, 1.807) is 20.4 Å². The van der Waals surface area contributed by atoms with Crippen molar-refractivity contribution < 1.29 is 14.2 Å². The lowest BCUT2D eigenvalue weighted by molar-refractivity contribution is 0.158. The van der Waals surface area contributed by atoms with Crippen molar-refractivity contribution in [2.75, 3.05) is 39.3 Å². The fourth-order valence-corrected chi connectivity index (χ4v) is 2.67. The number of anilines is 1. The zero-order valence-corrected chi connectivity index (χ0v) is 15.2. The highest BCUT2D eigenvalue weighted by Gasteiger charge is 2.12. The average Bonchev–Trinajstić information content (AvgIpc) is 2.70. The van der Waals surface area contributed by atoms with Crippen molar-refractivity contribution in [2.45, 2.75) is 6.92 Å². The third-order valence-corrected chi connectivity index (χ3v) is 3.98. The Kier molecular flexibility index (Phi) is 5.80. The van der Waals surface area contributed by atoms with E-state index in [1.807, 2.05) is 37.4 Å². The van der Waals surface area contributed by atoms with E-state index in [4.69, 9.17) is 14.2 Å². The molecule has 0 amide bonds. The van der Waals surface area contributed by atoms with Gasteiger partial charge in [-0.25, -0.2) is 4.98 Å². The van der Waals surface area contributed by atoms with Crippen LogP contribution in [-0.4, -0.2) is 49.2 Å². The van der Waals surface area contributed by atoms with Crippen LogP contribution in [0.5, 0.6) is 11.5 Å². The molecule has 3 aromatic rings. The average molecular weight is 354 g/mol. The van der Waals surface area contributed by atoms with Gasteiger partial charge in [-0.05, 0) is 25.1 Å². The maximum atomic E-state index is 5.41. The molecule has 26 heavy (non-hydrogen) atoms. The predicted molar refractivity (Wildman–Crippen MR) is 101 cm³/mol. The number of methoxy groups -OCH3 is 2. The van der Waals surface area contributed by atoms with Gasteiger partial charge < -0.3 is 19.5 Å². The molecule has 1 N–H and O–H groups in total. The number of nitrogens with zero attached hydrogens (tertiary/aromatic N) is 3. The molecule has 0 radical (unpaired) electrons. The summed E-state index contributed by atoms with van der Waals surface area (Å²) in [6.45, 7) is 4.06. The van der Waals surface area contributed by atoms with E-state index in [2.05, 4.69) is 20.5 Å². The minimum Gasteiger partial charge on any atom is -0.493 e. The zero-order valence-electron chi connectivity index (χ0n) is 15.2. The van der Waals surface area contributed by atoms with Gasteiger partial charge in [0.05, 0.1) is 32.5 Å². The lowest BCUT2D eigenvalue weighted by Gasteiger charge is -2.11. The van der Waals surface area contributed by atoms with Crippen molar-refractivity contribution >= 4 is 16.7 Å². The Balaban J connectivity index is 1.90. The fraction of sp³-hybridized carbons (Fsp3) is 0.316. The van der Waals surface area contributed by atoms with Crippen LogP contribution in [0.25, 0.3) is 22.0 Å². The van der Waals surface area contributed by atoms with Crippen LogP contribution >= 0.6 is 0 Å². The normalized spacial score (nSPS) is 10.7. The third kappa shape index (κ3) is 3.83. The van der Waals surface area contributed by atoms with Gasteiger partial charge in [0.15, 0.2) is 11.5 Å². The van der Waals surface area contributed by atoms with E-state index in [9.17, 15) is 0 Å². The molecule has 7 heteroatoms. The van der Waals surface area contributed by atoms with Crippen LogP contribution in [0.1, 0.15) is 6.92 Å². The molecule has 136 valence electrons. The molecule has 0 saturated carbocycles. The molecule has 0 bridgehead atoms. The maximum Gasteiger partial charge on any atom is 0.162 e. The summed E-state index contributed by atoms with van der Waals surface area (Å²) in [5.41, 5.74) is 2.62. The third-order valence-electron chi connectivity index (χ3n) is 3.98. The van der Waals surface area contributed by atoms with Crippen molar-refractivity contribution in [3.8, 4) is 22.6 Å². The Hall–Kier alpha value is -2.93. The monoisotopic (exact) mass is 354 g/mol. The summed E-state index contributed by atoms with van der Waals surface area (Å²) < 4.78 is 16.1. The van der Waals surface area contributed by atoms with Gasteiger partial charge in [0.25, 0.3) is 0 Å². The number of pyridine rings is 1. The van der Waals surface area contributed by atoms with Crippen molar-refractivity contribution in [1.82, 2.24) is 15.2 Å². The largest absolute Gasteiger partial charge is 0.493 e. The number of rotatable bonds is 8. The number of fused-ring (bicyclic) bond motifs is 1. The van der Waals surface area contributed by atoms with Gasteiger partial charge in [-0.3, -0.25) is 0 Å². The van der Waals surface area contributed by atoms with Gasteiger partial charge in [-0.1, -0.05) is 0 Å². The highest BCUT2D eigenvalue weighted by molar-refractivity contribution is 5.95. The van der Waals surface area contributed by atoms with Crippen molar-refractivity contribution in [3.05, 3.63) is 36.7 Å². The van der Waals surface area contributed by atoms with E-state index in [1.165, 1.54) is 0 Å². The summed E-state index contributed by atoms with van der Waals surface area (Å²) in [4.78, 5) is 4.47. The summed E-state index contributed by atoms with van der Waals surface area (Å²) in [5.74, 6) is 2.08. The Morgan fingerprint density at radius 2 is 1.85 bits per heavy atom. The second kappa shape index (κ2) is 8.44. The molecule has 0 aliphatic carbocycles. The summed E-state index contributed by atoms with van der Waals surface area (Å²) in [7, 11) is 3.21. The van der Waals surface area contributed by atoms with Gasteiger partial charge in [0, 0.05) is 41.9 Å². The minimum atomic E-state index is 0.624. The molecule has 0 spiro atoms. The number of nitrogens with one attached hydrogen (secondary N) is 1. The first-order chi connectivity index (χ1) is 12.8. The molecule has 7 nitrogen and oxygen atoms in total. The number of aromatic nitrogens is 3. The molecule has 3 rings (SSSR count). The summed E-state index contributed by atoms with van der Waals surface area (Å²) in [6, 6.07) is 7.67. The minimum absolute atomic E-state index is 0.624. The Bertz CT molecular complexity index is 869. The molecular formula is C19H22N4O3. The lowest BCUT2D eigenvalue weighted by Crippen LogP contribution is -2.09. The molecular weight excluding hydrogens is 332 g/mol. The van der Waals surface area contributed by atoms with Crippen molar-refractivity contribution in [3.63, 3.8) is 0 Å². The van der Waals surface area contributed by atoms with Gasteiger partial charge in [0.2, 0.25) is 0 Å². The molecule has 0 unspecified atom stereocenters. The Morgan fingerprint density at radius 1 is 1.04 bits per heavy atom. The number of hydrogen-bond acceptors (Lipinski definition) is 7. The van der Waals surface area contributed by atoms with Crippen molar-refractivity contribution in [2.24, 2.45) is 0 Å². The molecule has 2 aromatic heterocycles. The molecule has 0 atom stereocenters. The molecule has 0 saturated heterocycles. The van der Waals surface area contributed by atoms with Gasteiger partial charge in [-0.2, -0.15) is 10.2 Å². The molecule has 0 aliphatic rings. The van der Waals surface area contributed by atoms with Crippen LogP contribution in [0.15, 0.2) is 36.7 Å². The topological polar surface area (TPSA) is 78.4 Å². The smallest absolute Gasteiger partial charge is 0.162 e. The van der Waals surface area contributed by atoms with E-state index in [0.29, 0.717) is 24.7 Å². The zero-order chi connectivity index (χ0) is 18.4. The lowest BCUT2D eigenvalue weighted by atomic mass is 10.0. The van der Waals surface area contributed by atoms with Crippen molar-refractivity contribution in [1.29, 1.82) is 0 Å². The quantitative estimate of drug-likeness (QED) is 0.623. The Labute approximate surface area is 152 Å². The van der Waals surface area contributed by atoms with Crippen LogP contribution in [0, 0.1) is 0 Å². The highest BCUT2D eigenvalue weighted by atomic mass is 16.5. The SMILES string of the molecule is CCOCCNc1ccc(-c2cnnc3cc(OC)c(OC)cc23)cn1. The first-order valence-corrected chi connectivity index (χ1v) is 8.42. The van der Waals surface area contributed by atoms with Gasteiger partial charge in [-0.15, -0.1) is 0 Å². The summed E-state index contributed by atoms with van der Waals surface area (Å²) >= 11 is 0. The van der Waals surface area contributed by atoms with Crippen LogP contribution in [0.4, 0.5) is 5.82 Å². The van der Waals surface area contributed by atoms with Gasteiger partial charge >= 0.3 is 0 Å². The number of ether oxygens (including phenoxy) is 3. The Morgan fingerprint density at radius 3 is 2.54 bits per heavy atom. The van der Waals surface area contributed by atoms with E-state index >= 15 is 0 Å². The second-order valence-corrected chi connectivity index (χ2v) is 5.54. The van der Waals surface area contributed by atoms with Crippen LogP contribution in [0.3, 0.4) is 0 Å². The van der Waals surface area contributed by atoms with E-state index in [-0.39, 0.29) is 0 Å². The standard InChI is InChI=1S/C19H22N4O3/c1-4-26-8-7-20-19-6-5-13(11-21-19)15-12-22-23-16-10-18(25-3)17(24-2)9-14(15)16/h5-6,9-12H,4,7-8H2,1-3H3,(H,20,21). The molecule has 1 aromatic carbocycles. The van der Waals surface area contributed by atoms with Crippen LogP contribution in [0.2, 0.25) is 0 Å². The molecule has 0 fully saturated rings.